The molecule has 0 aromatic carbocycles. The molecule has 17 heteroatoms. The highest BCUT2D eigenvalue weighted by Gasteiger charge is 2.30. The van der Waals surface area contributed by atoms with Gasteiger partial charge in [-0.3, -0.25) is 19.4 Å². The van der Waals surface area contributed by atoms with Crippen LogP contribution >= 0.6 is 0 Å². The third kappa shape index (κ3) is 9.86. The second-order valence-electron chi connectivity index (χ2n) is 8.32. The number of amides is 3. The summed E-state index contributed by atoms with van der Waals surface area (Å²) in [5.74, 6) is -3.85. The van der Waals surface area contributed by atoms with Crippen LogP contribution in [0.5, 0.6) is 0 Å². The molecule has 0 radical (unpaired) electrons. The summed E-state index contributed by atoms with van der Waals surface area (Å²) in [4.78, 5) is 67.1. The maximum Gasteiger partial charge on any atom is 0.326 e. The maximum atomic E-state index is 13.0. The average Bonchev–Trinajstić information content (AvgIpc) is 3.57. The van der Waals surface area contributed by atoms with E-state index < -0.39 is 54.5 Å². The van der Waals surface area contributed by atoms with Crippen LogP contribution in [0.3, 0.4) is 0 Å². The highest BCUT2D eigenvalue weighted by molar-refractivity contribution is 5.94. The van der Waals surface area contributed by atoms with Crippen molar-refractivity contribution in [2.75, 3.05) is 13.2 Å². The van der Waals surface area contributed by atoms with E-state index >= 15 is 0 Å². The maximum absolute atomic E-state index is 13.0. The van der Waals surface area contributed by atoms with Gasteiger partial charge in [-0.05, 0) is 12.8 Å². The number of aliphatic hydroxyl groups excluding tert-OH is 1. The fourth-order valence-corrected chi connectivity index (χ4v) is 3.33. The summed E-state index contributed by atoms with van der Waals surface area (Å²) in [6.07, 6.45) is 6.14. The smallest absolute Gasteiger partial charge is 0.326 e. The number of aliphatic carboxylic acids is 1. The summed E-state index contributed by atoms with van der Waals surface area (Å²) < 4.78 is 0. The molecule has 2 rings (SSSR count). The van der Waals surface area contributed by atoms with Crippen molar-refractivity contribution >= 4 is 29.7 Å². The molecule has 0 aliphatic carbocycles. The van der Waals surface area contributed by atoms with Crippen LogP contribution in [-0.4, -0.2) is 97.1 Å². The van der Waals surface area contributed by atoms with Gasteiger partial charge < -0.3 is 53.3 Å². The number of aliphatic hydroxyl groups is 1. The second kappa shape index (κ2) is 14.9. The van der Waals surface area contributed by atoms with Crippen LogP contribution in [0.1, 0.15) is 24.2 Å². The topological polar surface area (TPSA) is 293 Å². The molecule has 38 heavy (non-hydrogen) atoms. The molecule has 0 spiro atoms. The Morgan fingerprint density at radius 3 is 1.97 bits per heavy atom. The van der Waals surface area contributed by atoms with Gasteiger partial charge >= 0.3 is 5.97 Å². The van der Waals surface area contributed by atoms with E-state index in [0.29, 0.717) is 11.4 Å². The van der Waals surface area contributed by atoms with Crippen molar-refractivity contribution < 1.29 is 29.4 Å². The zero-order valence-electron chi connectivity index (χ0n) is 20.5. The number of nitrogens with zero attached hydrogens (tertiary/aromatic N) is 3. The normalized spacial score (nSPS) is 13.9. The van der Waals surface area contributed by atoms with E-state index in [9.17, 15) is 29.4 Å². The first kappa shape index (κ1) is 29.7. The van der Waals surface area contributed by atoms with Gasteiger partial charge in [0.15, 0.2) is 5.96 Å². The molecule has 4 atom stereocenters. The van der Waals surface area contributed by atoms with E-state index in [1.54, 1.807) is 0 Å². The molecule has 0 aliphatic rings. The van der Waals surface area contributed by atoms with Gasteiger partial charge in [-0.1, -0.05) is 0 Å². The number of carbonyl (C=O) groups is 4. The number of aliphatic imine (C=N–C) groups is 1. The van der Waals surface area contributed by atoms with Crippen molar-refractivity contribution in [3.8, 4) is 0 Å². The Morgan fingerprint density at radius 1 is 0.895 bits per heavy atom. The molecule has 0 aliphatic heterocycles. The SMILES string of the molecule is NC(N)=NCCCC(NC(=O)C(CO)NC(=O)C(Cc1cnc[nH]1)NC(=O)C(N)Cc1cnc[nH]1)C(=O)O. The minimum absolute atomic E-state index is 0.00330. The number of rotatable bonds is 16. The van der Waals surface area contributed by atoms with Crippen LogP contribution in [0.2, 0.25) is 0 Å². The monoisotopic (exact) mass is 535 g/mol. The number of nitrogens with one attached hydrogen (secondary N) is 5. The molecular formula is C21H33N11O6. The highest BCUT2D eigenvalue weighted by atomic mass is 16.4. The van der Waals surface area contributed by atoms with E-state index in [0.717, 1.165) is 0 Å². The van der Waals surface area contributed by atoms with E-state index in [1.165, 1.54) is 25.0 Å². The summed E-state index contributed by atoms with van der Waals surface area (Å²) in [6, 6.07) is -5.03. The Hall–Kier alpha value is -4.51. The van der Waals surface area contributed by atoms with Crippen molar-refractivity contribution in [2.24, 2.45) is 22.2 Å². The number of imidazole rings is 2. The summed E-state index contributed by atoms with van der Waals surface area (Å²) >= 11 is 0. The summed E-state index contributed by atoms with van der Waals surface area (Å²) in [6.45, 7) is -0.679. The molecule has 3 amide bonds. The Bertz CT molecular complexity index is 1070. The van der Waals surface area contributed by atoms with Gasteiger partial charge in [0.2, 0.25) is 17.7 Å². The number of carboxylic acid groups (broad SMARTS) is 1. The van der Waals surface area contributed by atoms with Gasteiger partial charge in [-0.2, -0.15) is 0 Å². The van der Waals surface area contributed by atoms with Crippen molar-refractivity contribution in [3.63, 3.8) is 0 Å². The average molecular weight is 536 g/mol. The van der Waals surface area contributed by atoms with Crippen molar-refractivity contribution in [2.45, 2.75) is 49.9 Å². The van der Waals surface area contributed by atoms with Gasteiger partial charge in [-0.15, -0.1) is 0 Å². The molecule has 0 saturated heterocycles. The van der Waals surface area contributed by atoms with Crippen LogP contribution in [0, 0.1) is 0 Å². The molecule has 208 valence electrons. The van der Waals surface area contributed by atoms with Crippen molar-refractivity contribution in [1.82, 2.24) is 35.9 Å². The number of H-pyrrole nitrogens is 2. The van der Waals surface area contributed by atoms with Crippen LogP contribution in [-0.2, 0) is 32.0 Å². The molecular weight excluding hydrogens is 502 g/mol. The first-order chi connectivity index (χ1) is 18.1. The standard InChI is InChI=1S/C21H33N11O6/c22-13(4-11-6-25-9-28-11)17(34)31-15(5-12-7-26-10-29-12)18(35)32-16(8-33)19(36)30-14(20(37)38)2-1-3-27-21(23)24/h6-7,9-10,13-16,33H,1-5,8,22H2,(H,25,28)(H,26,29)(H,30,36)(H,31,34)(H,32,35)(H,37,38)(H4,23,24,27). The highest BCUT2D eigenvalue weighted by Crippen LogP contribution is 2.04. The minimum atomic E-state index is -1.50. The third-order valence-electron chi connectivity index (χ3n) is 5.32. The van der Waals surface area contributed by atoms with Gasteiger partial charge in [0.05, 0.1) is 25.3 Å². The zero-order valence-corrected chi connectivity index (χ0v) is 20.5. The molecule has 17 nitrogen and oxygen atoms in total. The van der Waals surface area contributed by atoms with Crippen LogP contribution in [0.4, 0.5) is 0 Å². The Morgan fingerprint density at radius 2 is 1.45 bits per heavy atom. The van der Waals surface area contributed by atoms with Gasteiger partial charge in [0.25, 0.3) is 0 Å². The van der Waals surface area contributed by atoms with E-state index in [2.05, 4.69) is 40.9 Å². The predicted octanol–water partition coefficient (Wildman–Crippen LogP) is -4.17. The Balaban J connectivity index is 2.04. The summed E-state index contributed by atoms with van der Waals surface area (Å²) in [5.41, 5.74) is 17.5. The first-order valence-electron chi connectivity index (χ1n) is 11.6. The minimum Gasteiger partial charge on any atom is -0.480 e. The molecule has 0 bridgehead atoms. The van der Waals surface area contributed by atoms with Crippen LogP contribution < -0.4 is 33.2 Å². The number of hydrogen-bond donors (Lipinski definition) is 10. The number of carbonyl (C=O) groups excluding carboxylic acids is 3. The first-order valence-corrected chi connectivity index (χ1v) is 11.6. The number of guanidine groups is 1. The summed E-state index contributed by atoms with van der Waals surface area (Å²) in [7, 11) is 0. The lowest BCUT2D eigenvalue weighted by molar-refractivity contribution is -0.142. The molecule has 13 N–H and O–H groups in total. The molecule has 2 aromatic heterocycles. The number of carboxylic acids is 1. The lowest BCUT2D eigenvalue weighted by Crippen LogP contribution is -2.58. The quantitative estimate of drug-likeness (QED) is 0.0558. The number of aromatic nitrogens is 4. The summed E-state index contributed by atoms with van der Waals surface area (Å²) in [5, 5.41) is 26.3. The lowest BCUT2D eigenvalue weighted by atomic mass is 10.1. The molecule has 2 aromatic rings. The Labute approximate surface area is 217 Å². The second-order valence-corrected chi connectivity index (χ2v) is 8.32. The fourth-order valence-electron chi connectivity index (χ4n) is 3.33. The van der Waals surface area contributed by atoms with Gasteiger partial charge in [-0.25, -0.2) is 14.8 Å². The number of hydrogen-bond acceptors (Lipinski definition) is 9. The van der Waals surface area contributed by atoms with E-state index in [-0.39, 0.29) is 38.2 Å². The van der Waals surface area contributed by atoms with Crippen molar-refractivity contribution in [1.29, 1.82) is 0 Å². The van der Waals surface area contributed by atoms with Gasteiger partial charge in [0, 0.05) is 43.2 Å². The fraction of sp³-hybridized carbons (Fsp3) is 0.476. The third-order valence-corrected chi connectivity index (χ3v) is 5.32. The molecule has 0 fully saturated rings. The van der Waals surface area contributed by atoms with E-state index in [4.69, 9.17) is 17.2 Å². The van der Waals surface area contributed by atoms with E-state index in [1.807, 2.05) is 0 Å². The van der Waals surface area contributed by atoms with Crippen LogP contribution in [0.25, 0.3) is 0 Å². The zero-order chi connectivity index (χ0) is 28.1. The lowest BCUT2D eigenvalue weighted by Gasteiger charge is -2.24. The van der Waals surface area contributed by atoms with Crippen LogP contribution in [0.15, 0.2) is 30.0 Å². The number of nitrogens with two attached hydrogens (primary N) is 3. The largest absolute Gasteiger partial charge is 0.480 e. The van der Waals surface area contributed by atoms with Gasteiger partial charge in [0.1, 0.15) is 18.1 Å². The van der Waals surface area contributed by atoms with Crippen molar-refractivity contribution in [3.05, 3.63) is 36.4 Å². The predicted molar refractivity (Wildman–Crippen MR) is 133 cm³/mol. The molecule has 2 heterocycles. The molecule has 0 saturated carbocycles. The number of aromatic amines is 2. The Kier molecular flexibility index (Phi) is 11.7. The molecule has 4 unspecified atom stereocenters.